The van der Waals surface area contributed by atoms with E-state index < -0.39 is 0 Å². The lowest BCUT2D eigenvalue weighted by Crippen LogP contribution is -2.51. The van der Waals surface area contributed by atoms with Crippen LogP contribution in [-0.2, 0) is 0 Å². The molecule has 2 heterocycles. The largest absolute Gasteiger partial charge is 0.392 e. The van der Waals surface area contributed by atoms with Gasteiger partial charge in [0.25, 0.3) is 0 Å². The van der Waals surface area contributed by atoms with Crippen molar-refractivity contribution >= 4 is 0 Å². The van der Waals surface area contributed by atoms with Crippen LogP contribution in [0.15, 0.2) is 0 Å². The molecule has 0 radical (unpaired) electrons. The molecule has 4 nitrogen and oxygen atoms in total. The second kappa shape index (κ2) is 8.47. The molecule has 2 fully saturated rings. The summed E-state index contributed by atoms with van der Waals surface area (Å²) in [5.41, 5.74) is 0. The highest BCUT2D eigenvalue weighted by molar-refractivity contribution is 4.84. The van der Waals surface area contributed by atoms with Crippen molar-refractivity contribution in [2.24, 2.45) is 5.92 Å². The molecule has 2 saturated heterocycles. The van der Waals surface area contributed by atoms with Gasteiger partial charge in [-0.05, 0) is 57.7 Å². The lowest BCUT2D eigenvalue weighted by atomic mass is 9.95. The number of aliphatic hydroxyl groups excluding tert-OH is 2. The molecule has 0 aromatic carbocycles. The van der Waals surface area contributed by atoms with Gasteiger partial charge in [0.15, 0.2) is 0 Å². The highest BCUT2D eigenvalue weighted by Gasteiger charge is 2.29. The van der Waals surface area contributed by atoms with Gasteiger partial charge < -0.3 is 15.1 Å². The summed E-state index contributed by atoms with van der Waals surface area (Å²) in [6.07, 6.45) is 6.27. The molecular weight excluding hydrogens is 264 g/mol. The van der Waals surface area contributed by atoms with Gasteiger partial charge in [0, 0.05) is 19.1 Å². The van der Waals surface area contributed by atoms with E-state index in [2.05, 4.69) is 16.7 Å². The molecule has 4 heteroatoms. The Bertz CT molecular complexity index is 293. The van der Waals surface area contributed by atoms with Crippen molar-refractivity contribution in [3.8, 4) is 0 Å². The molecule has 0 aromatic heterocycles. The zero-order chi connectivity index (χ0) is 15.2. The second-order valence-corrected chi connectivity index (χ2v) is 7.17. The predicted octanol–water partition coefficient (Wildman–Crippen LogP) is 1.70. The van der Waals surface area contributed by atoms with Crippen LogP contribution in [0.4, 0.5) is 0 Å². The van der Waals surface area contributed by atoms with Gasteiger partial charge in [-0.3, -0.25) is 4.90 Å². The normalized spacial score (nSPS) is 29.4. The molecule has 2 N–H and O–H groups in total. The Morgan fingerprint density at radius 2 is 1.71 bits per heavy atom. The van der Waals surface area contributed by atoms with Crippen LogP contribution in [-0.4, -0.2) is 71.0 Å². The monoisotopic (exact) mass is 298 g/mol. The van der Waals surface area contributed by atoms with E-state index in [4.69, 9.17) is 0 Å². The van der Waals surface area contributed by atoms with E-state index in [9.17, 15) is 10.2 Å². The first kappa shape index (κ1) is 17.2. The molecule has 0 bridgehead atoms. The average Bonchev–Trinajstić information content (AvgIpc) is 2.49. The highest BCUT2D eigenvalue weighted by atomic mass is 16.3. The molecule has 0 amide bonds. The van der Waals surface area contributed by atoms with Crippen molar-refractivity contribution in [1.82, 2.24) is 9.80 Å². The maximum Gasteiger partial charge on any atom is 0.0793 e. The first-order valence-corrected chi connectivity index (χ1v) is 8.92. The Morgan fingerprint density at radius 3 is 2.38 bits per heavy atom. The van der Waals surface area contributed by atoms with Crippen LogP contribution in [0, 0.1) is 5.92 Å². The molecular formula is C17H34N2O2. The maximum atomic E-state index is 10.4. The summed E-state index contributed by atoms with van der Waals surface area (Å²) in [5.74, 6) is 0.838. The molecule has 21 heavy (non-hydrogen) atoms. The van der Waals surface area contributed by atoms with Gasteiger partial charge in [-0.25, -0.2) is 0 Å². The third kappa shape index (κ3) is 5.20. The van der Waals surface area contributed by atoms with E-state index in [1.807, 2.05) is 6.92 Å². The summed E-state index contributed by atoms with van der Waals surface area (Å²) >= 11 is 0. The summed E-state index contributed by atoms with van der Waals surface area (Å²) < 4.78 is 0. The number of β-amino-alcohol motifs (C(OH)–C–C–N with tert-alkyl or cyclic N) is 1. The summed E-state index contributed by atoms with van der Waals surface area (Å²) in [5, 5.41) is 20.6. The SMILES string of the molecule is CC[C@@H](O)[C@@H]1CCCCN1C[C@@H](O)CN1CCC(C)CC1. The van der Waals surface area contributed by atoms with E-state index in [0.717, 1.165) is 44.9 Å². The lowest BCUT2D eigenvalue weighted by Gasteiger charge is -2.40. The van der Waals surface area contributed by atoms with E-state index in [1.165, 1.54) is 25.7 Å². The van der Waals surface area contributed by atoms with Crippen LogP contribution in [0.25, 0.3) is 0 Å². The zero-order valence-corrected chi connectivity index (χ0v) is 13.9. The maximum absolute atomic E-state index is 10.4. The van der Waals surface area contributed by atoms with Crippen molar-refractivity contribution in [3.05, 3.63) is 0 Å². The van der Waals surface area contributed by atoms with Crippen LogP contribution in [0.5, 0.6) is 0 Å². The topological polar surface area (TPSA) is 46.9 Å². The fraction of sp³-hybridized carbons (Fsp3) is 1.00. The van der Waals surface area contributed by atoms with Crippen molar-refractivity contribution in [2.45, 2.75) is 70.6 Å². The summed E-state index contributed by atoms with van der Waals surface area (Å²) in [4.78, 5) is 4.73. The average molecular weight is 298 g/mol. The third-order valence-electron chi connectivity index (χ3n) is 5.32. The molecule has 2 aliphatic rings. The lowest BCUT2D eigenvalue weighted by molar-refractivity contribution is -0.00988. The van der Waals surface area contributed by atoms with Crippen LogP contribution < -0.4 is 0 Å². The van der Waals surface area contributed by atoms with Crippen LogP contribution in [0.2, 0.25) is 0 Å². The summed E-state index contributed by atoms with van der Waals surface area (Å²) in [7, 11) is 0. The summed E-state index contributed by atoms with van der Waals surface area (Å²) in [6, 6.07) is 0.250. The Morgan fingerprint density at radius 1 is 1.00 bits per heavy atom. The fourth-order valence-corrected chi connectivity index (χ4v) is 3.82. The Kier molecular flexibility index (Phi) is 6.93. The van der Waals surface area contributed by atoms with Gasteiger partial charge in [0.2, 0.25) is 0 Å². The smallest absolute Gasteiger partial charge is 0.0793 e. The van der Waals surface area contributed by atoms with E-state index in [1.54, 1.807) is 0 Å². The molecule has 124 valence electrons. The van der Waals surface area contributed by atoms with Crippen molar-refractivity contribution in [2.75, 3.05) is 32.7 Å². The van der Waals surface area contributed by atoms with Crippen molar-refractivity contribution in [1.29, 1.82) is 0 Å². The Hall–Kier alpha value is -0.160. The number of hydrogen-bond donors (Lipinski definition) is 2. The standard InChI is InChI=1S/C17H34N2O2/c1-3-17(21)16-6-4-5-9-19(16)13-15(20)12-18-10-7-14(2)8-11-18/h14-17,20-21H,3-13H2,1-2H3/t15-,16-,17+/m0/s1. The zero-order valence-electron chi connectivity index (χ0n) is 13.9. The van der Waals surface area contributed by atoms with Gasteiger partial charge in [-0.1, -0.05) is 20.3 Å². The number of hydrogen-bond acceptors (Lipinski definition) is 4. The van der Waals surface area contributed by atoms with Gasteiger partial charge in [0.05, 0.1) is 12.2 Å². The molecule has 3 atom stereocenters. The number of aliphatic hydroxyl groups is 2. The van der Waals surface area contributed by atoms with Gasteiger partial charge >= 0.3 is 0 Å². The van der Waals surface area contributed by atoms with Gasteiger partial charge in [0.1, 0.15) is 0 Å². The molecule has 0 aliphatic carbocycles. The number of rotatable bonds is 6. The number of nitrogens with zero attached hydrogens (tertiary/aromatic N) is 2. The minimum Gasteiger partial charge on any atom is -0.392 e. The quantitative estimate of drug-likeness (QED) is 0.783. The molecule has 0 spiro atoms. The minimum absolute atomic E-state index is 0.242. The van der Waals surface area contributed by atoms with E-state index in [-0.39, 0.29) is 18.2 Å². The minimum atomic E-state index is -0.289. The van der Waals surface area contributed by atoms with E-state index >= 15 is 0 Å². The van der Waals surface area contributed by atoms with Crippen molar-refractivity contribution in [3.63, 3.8) is 0 Å². The van der Waals surface area contributed by atoms with Gasteiger partial charge in [-0.15, -0.1) is 0 Å². The molecule has 0 aromatic rings. The second-order valence-electron chi connectivity index (χ2n) is 7.17. The first-order valence-electron chi connectivity index (χ1n) is 8.92. The molecule has 0 unspecified atom stereocenters. The molecule has 0 saturated carbocycles. The van der Waals surface area contributed by atoms with Crippen molar-refractivity contribution < 1.29 is 10.2 Å². The number of likely N-dealkylation sites (tertiary alicyclic amines) is 2. The van der Waals surface area contributed by atoms with E-state index in [0.29, 0.717) is 6.54 Å². The Labute approximate surface area is 130 Å². The highest BCUT2D eigenvalue weighted by Crippen LogP contribution is 2.22. The van der Waals surface area contributed by atoms with Crippen LogP contribution in [0.1, 0.15) is 52.4 Å². The Balaban J connectivity index is 1.78. The third-order valence-corrected chi connectivity index (χ3v) is 5.32. The first-order chi connectivity index (χ1) is 10.1. The van der Waals surface area contributed by atoms with Crippen LogP contribution in [0.3, 0.4) is 0 Å². The molecule has 2 rings (SSSR count). The fourth-order valence-electron chi connectivity index (χ4n) is 3.82. The summed E-state index contributed by atoms with van der Waals surface area (Å²) in [6.45, 7) is 9.14. The number of piperidine rings is 2. The van der Waals surface area contributed by atoms with Gasteiger partial charge in [-0.2, -0.15) is 0 Å². The predicted molar refractivity (Wildman–Crippen MR) is 86.4 cm³/mol. The van der Waals surface area contributed by atoms with Crippen LogP contribution >= 0.6 is 0 Å². The molecule has 2 aliphatic heterocycles.